The largest absolute Gasteiger partial charge is 0.479 e. The molecule has 0 saturated carbocycles. The Kier molecular flexibility index (Phi) is 4.96. The summed E-state index contributed by atoms with van der Waals surface area (Å²) in [6.07, 6.45) is 2.54. The monoisotopic (exact) mass is 164 g/mol. The van der Waals surface area contributed by atoms with Crippen molar-refractivity contribution in [2.45, 2.75) is 6.42 Å². The first-order valence-electron chi connectivity index (χ1n) is 2.75. The maximum absolute atomic E-state index is 8.75. The predicted molar refractivity (Wildman–Crippen MR) is 42.1 cm³/mol. The van der Waals surface area contributed by atoms with Crippen molar-refractivity contribution in [3.63, 3.8) is 0 Å². The second kappa shape index (κ2) is 5.25. The molecule has 0 radical (unpaired) electrons. The van der Waals surface area contributed by atoms with E-state index >= 15 is 0 Å². The first-order valence-corrected chi connectivity index (χ1v) is 4.15. The Labute approximate surface area is 64.2 Å². The second-order valence-corrected chi connectivity index (χ2v) is 2.68. The highest BCUT2D eigenvalue weighted by Crippen LogP contribution is 2.03. The number of aliphatic hydroxyl groups is 1. The zero-order valence-corrected chi connectivity index (χ0v) is 6.65. The number of hydrogen-bond acceptors (Lipinski definition) is 5. The van der Waals surface area contributed by atoms with Crippen LogP contribution in [-0.4, -0.2) is 17.1 Å². The van der Waals surface area contributed by atoms with Crippen molar-refractivity contribution >= 4 is 11.8 Å². The molecule has 5 heteroatoms. The van der Waals surface area contributed by atoms with E-state index in [1.165, 1.54) is 0 Å². The summed E-state index contributed by atoms with van der Waals surface area (Å²) in [4.78, 5) is 4.01. The number of nitrogens with two attached hydrogens (primary N) is 2. The zero-order chi connectivity index (χ0) is 7.98. The van der Waals surface area contributed by atoms with Crippen LogP contribution in [0.1, 0.15) is 6.42 Å². The summed E-state index contributed by atoms with van der Waals surface area (Å²) in [5.74, 6) is 5.12. The number of rotatable bonds is 4. The molecular weight excluding hydrogens is 152 g/mol. The quantitative estimate of drug-likeness (QED) is 0.411. The summed E-state index contributed by atoms with van der Waals surface area (Å²) in [7, 11) is 0. The Morgan fingerprint density at radius 3 is 2.70 bits per heavy atom. The summed E-state index contributed by atoms with van der Waals surface area (Å²) >= 11 is 1.64. The third-order valence-corrected chi connectivity index (χ3v) is 1.57. The van der Waals surface area contributed by atoms with Crippen LogP contribution in [0.2, 0.25) is 0 Å². The van der Waals surface area contributed by atoms with E-state index in [9.17, 15) is 0 Å². The van der Waals surface area contributed by atoms with Gasteiger partial charge < -0.3 is 15.7 Å². The molecule has 0 aromatic rings. The normalized spacial score (nSPS) is 12.6. The molecule has 0 fully saturated rings. The molecule has 0 bridgehead atoms. The summed E-state index contributed by atoms with van der Waals surface area (Å²) in [5, 5.41) is 8.75. The fourth-order valence-corrected chi connectivity index (χ4v) is 0.819. The van der Waals surface area contributed by atoms with E-state index in [4.69, 9.17) is 10.8 Å². The molecule has 0 unspecified atom stereocenters. The third-order valence-electron chi connectivity index (χ3n) is 0.962. The van der Waals surface area contributed by atoms with Gasteiger partial charge in [-0.3, -0.25) is 0 Å². The molecule has 0 aromatic heterocycles. The van der Waals surface area contributed by atoms with Crippen LogP contribution in [0.15, 0.2) is 11.6 Å². The van der Waals surface area contributed by atoms with Gasteiger partial charge in [-0.1, -0.05) is 0 Å². The Morgan fingerprint density at radius 1 is 1.70 bits per heavy atom. The molecule has 0 saturated heterocycles. The fourth-order valence-electron chi connectivity index (χ4n) is 0.395. The molecule has 0 amide bonds. The number of aliphatic hydroxyl groups excluding tert-OH is 1. The van der Waals surface area contributed by atoms with Crippen LogP contribution >= 0.6 is 11.8 Å². The Hall–Kier alpha value is -0.550. The van der Waals surface area contributed by atoms with E-state index in [0.29, 0.717) is 6.42 Å². The second-order valence-electron chi connectivity index (χ2n) is 1.69. The van der Waals surface area contributed by atoms with Crippen LogP contribution in [0, 0.1) is 0 Å². The van der Waals surface area contributed by atoms with Gasteiger partial charge in [0.2, 0.25) is 0 Å². The fraction of sp³-hybridized carbons (Fsp3) is 0.600. The average molecular weight is 164 g/mol. The van der Waals surface area contributed by atoms with Crippen molar-refractivity contribution in [1.82, 2.24) is 0 Å². The van der Waals surface area contributed by atoms with E-state index in [1.807, 2.05) is 6.26 Å². The molecule has 5 N–H and O–H groups in total. The molecule has 0 aliphatic carbocycles. The summed E-state index contributed by atoms with van der Waals surface area (Å²) in [6, 6.07) is 0. The SMILES string of the molecule is CSCC/C(N)=C(/O)ON. The standard InChI is InChI=1S/C5H12N2O2S/c1-10-3-2-4(6)5(8)9-7/h8H,2-3,6-7H2,1H3/b5-4+. The van der Waals surface area contributed by atoms with Gasteiger partial charge in [-0.15, -0.1) is 0 Å². The van der Waals surface area contributed by atoms with Gasteiger partial charge in [0.05, 0.1) is 5.70 Å². The molecule has 0 heterocycles. The van der Waals surface area contributed by atoms with E-state index in [0.717, 1.165) is 5.75 Å². The van der Waals surface area contributed by atoms with E-state index < -0.39 is 0 Å². The predicted octanol–water partition coefficient (Wildman–Crippen LogP) is 0.316. The molecule has 0 rings (SSSR count). The van der Waals surface area contributed by atoms with Crippen LogP contribution in [-0.2, 0) is 4.84 Å². The topological polar surface area (TPSA) is 81.5 Å². The lowest BCUT2D eigenvalue weighted by Crippen LogP contribution is -2.09. The van der Waals surface area contributed by atoms with Crippen LogP contribution < -0.4 is 11.6 Å². The van der Waals surface area contributed by atoms with Gasteiger partial charge in [-0.25, -0.2) is 0 Å². The lowest BCUT2D eigenvalue weighted by molar-refractivity contribution is 0.0889. The maximum atomic E-state index is 8.75. The summed E-state index contributed by atoms with van der Waals surface area (Å²) in [6.45, 7) is 0. The van der Waals surface area contributed by atoms with Crippen molar-refractivity contribution in [1.29, 1.82) is 0 Å². The molecule has 0 atom stereocenters. The van der Waals surface area contributed by atoms with E-state index in [1.54, 1.807) is 11.8 Å². The van der Waals surface area contributed by atoms with Crippen molar-refractivity contribution in [3.8, 4) is 0 Å². The maximum Gasteiger partial charge on any atom is 0.315 e. The smallest absolute Gasteiger partial charge is 0.315 e. The molecule has 0 aliphatic heterocycles. The number of allylic oxidation sites excluding steroid dienone is 1. The van der Waals surface area contributed by atoms with Gasteiger partial charge in [-0.2, -0.15) is 17.7 Å². The molecule has 60 valence electrons. The van der Waals surface area contributed by atoms with Crippen LogP contribution in [0.4, 0.5) is 0 Å². The highest BCUT2D eigenvalue weighted by molar-refractivity contribution is 7.98. The van der Waals surface area contributed by atoms with Crippen molar-refractivity contribution in [3.05, 3.63) is 11.6 Å². The van der Waals surface area contributed by atoms with Gasteiger partial charge in [0.25, 0.3) is 0 Å². The Balaban J connectivity index is 3.68. The molecular formula is C5H12N2O2S. The van der Waals surface area contributed by atoms with Crippen LogP contribution in [0.3, 0.4) is 0 Å². The molecule has 0 aromatic carbocycles. The minimum absolute atomic E-state index is 0.289. The molecule has 0 spiro atoms. The van der Waals surface area contributed by atoms with Crippen molar-refractivity contribution in [2.75, 3.05) is 12.0 Å². The van der Waals surface area contributed by atoms with Crippen LogP contribution in [0.25, 0.3) is 0 Å². The van der Waals surface area contributed by atoms with Crippen LogP contribution in [0.5, 0.6) is 0 Å². The van der Waals surface area contributed by atoms with Crippen molar-refractivity contribution < 1.29 is 9.94 Å². The lowest BCUT2D eigenvalue weighted by Gasteiger charge is -2.01. The first kappa shape index (κ1) is 9.45. The van der Waals surface area contributed by atoms with Gasteiger partial charge in [-0.05, 0) is 12.0 Å². The highest BCUT2D eigenvalue weighted by atomic mass is 32.2. The minimum Gasteiger partial charge on any atom is -0.479 e. The van der Waals surface area contributed by atoms with Gasteiger partial charge in [0.15, 0.2) is 0 Å². The van der Waals surface area contributed by atoms with Crippen molar-refractivity contribution in [2.24, 2.45) is 11.6 Å². The molecule has 10 heavy (non-hydrogen) atoms. The van der Waals surface area contributed by atoms with E-state index in [-0.39, 0.29) is 11.6 Å². The minimum atomic E-state index is -0.381. The molecule has 4 nitrogen and oxygen atoms in total. The highest BCUT2D eigenvalue weighted by Gasteiger charge is 1.99. The van der Waals surface area contributed by atoms with Gasteiger partial charge in [0, 0.05) is 6.42 Å². The lowest BCUT2D eigenvalue weighted by atomic mass is 10.4. The van der Waals surface area contributed by atoms with E-state index in [2.05, 4.69) is 10.7 Å². The average Bonchev–Trinajstić information content (AvgIpc) is 1.98. The number of hydrogen-bond donors (Lipinski definition) is 3. The Bertz CT molecular complexity index is 127. The molecule has 0 aliphatic rings. The zero-order valence-electron chi connectivity index (χ0n) is 5.83. The third kappa shape index (κ3) is 3.47. The summed E-state index contributed by atoms with van der Waals surface area (Å²) < 4.78 is 0. The van der Waals surface area contributed by atoms with Gasteiger partial charge >= 0.3 is 5.95 Å². The number of thioether (sulfide) groups is 1. The van der Waals surface area contributed by atoms with Gasteiger partial charge in [0.1, 0.15) is 0 Å². The summed E-state index contributed by atoms with van der Waals surface area (Å²) in [5.41, 5.74) is 5.61. The first-order chi connectivity index (χ1) is 4.72. The Morgan fingerprint density at radius 2 is 2.30 bits per heavy atom.